The van der Waals surface area contributed by atoms with Crippen LogP contribution in [0.15, 0.2) is 29.2 Å². The molecule has 0 atom stereocenters. The fraction of sp³-hybridized carbons (Fsp3) is 0.286. The van der Waals surface area contributed by atoms with Crippen molar-refractivity contribution < 1.29 is 23.1 Å². The second kappa shape index (κ2) is 5.23. The van der Waals surface area contributed by atoms with Gasteiger partial charge in [-0.05, 0) is 24.6 Å². The number of benzene rings is 1. The first-order chi connectivity index (χ1) is 9.75. The smallest absolute Gasteiger partial charge is 0.416 e. The SMILES string of the molecule is CCCn1cc(C(=O)O)c(=O)c2ccc(C(F)(F)F)cc21. The Hall–Kier alpha value is -2.31. The summed E-state index contributed by atoms with van der Waals surface area (Å²) in [6, 6.07) is 2.68. The van der Waals surface area contributed by atoms with E-state index in [1.165, 1.54) is 4.57 Å². The van der Waals surface area contributed by atoms with Crippen LogP contribution in [0, 0.1) is 0 Å². The molecule has 4 nitrogen and oxygen atoms in total. The monoisotopic (exact) mass is 299 g/mol. The highest BCUT2D eigenvalue weighted by Crippen LogP contribution is 2.31. The molecule has 0 saturated carbocycles. The van der Waals surface area contributed by atoms with E-state index in [9.17, 15) is 22.8 Å². The lowest BCUT2D eigenvalue weighted by atomic mass is 10.1. The van der Waals surface area contributed by atoms with Gasteiger partial charge in [0, 0.05) is 18.1 Å². The number of aromatic nitrogens is 1. The maximum Gasteiger partial charge on any atom is 0.416 e. The highest BCUT2D eigenvalue weighted by atomic mass is 19.4. The first kappa shape index (κ1) is 15.1. The van der Waals surface area contributed by atoms with E-state index in [0.717, 1.165) is 24.4 Å². The summed E-state index contributed by atoms with van der Waals surface area (Å²) in [5.41, 5.74) is -2.02. The van der Waals surface area contributed by atoms with Gasteiger partial charge in [0.15, 0.2) is 0 Å². The molecule has 2 rings (SSSR count). The third-order valence-corrected chi connectivity index (χ3v) is 3.10. The van der Waals surface area contributed by atoms with Gasteiger partial charge in [0.2, 0.25) is 5.43 Å². The van der Waals surface area contributed by atoms with Crippen LogP contribution >= 0.6 is 0 Å². The Morgan fingerprint density at radius 2 is 2.00 bits per heavy atom. The molecule has 0 saturated heterocycles. The van der Waals surface area contributed by atoms with E-state index in [2.05, 4.69) is 0 Å². The van der Waals surface area contributed by atoms with E-state index < -0.39 is 28.7 Å². The lowest BCUT2D eigenvalue weighted by Gasteiger charge is -2.13. The molecule has 21 heavy (non-hydrogen) atoms. The molecule has 0 spiro atoms. The van der Waals surface area contributed by atoms with Crippen LogP contribution in [0.5, 0.6) is 0 Å². The van der Waals surface area contributed by atoms with Gasteiger partial charge in [0.1, 0.15) is 5.56 Å². The summed E-state index contributed by atoms with van der Waals surface area (Å²) >= 11 is 0. The standard InChI is InChI=1S/C14H12F3NO3/c1-2-5-18-7-10(13(20)21)12(19)9-4-3-8(6-11(9)18)14(15,16)17/h3-4,6-7H,2,5H2,1H3,(H,20,21). The molecule has 0 aliphatic heterocycles. The van der Waals surface area contributed by atoms with Crippen LogP contribution in [-0.4, -0.2) is 15.6 Å². The van der Waals surface area contributed by atoms with Crippen molar-refractivity contribution in [3.8, 4) is 0 Å². The number of halogens is 3. The number of nitrogens with zero attached hydrogens (tertiary/aromatic N) is 1. The highest BCUT2D eigenvalue weighted by molar-refractivity contribution is 5.92. The van der Waals surface area contributed by atoms with E-state index in [-0.39, 0.29) is 10.9 Å². The van der Waals surface area contributed by atoms with Crippen LogP contribution < -0.4 is 5.43 Å². The molecular weight excluding hydrogens is 287 g/mol. The second-order valence-electron chi connectivity index (χ2n) is 4.60. The molecule has 0 unspecified atom stereocenters. The number of alkyl halides is 3. The summed E-state index contributed by atoms with van der Waals surface area (Å²) in [6.07, 6.45) is -2.84. The van der Waals surface area contributed by atoms with Crippen molar-refractivity contribution in [1.82, 2.24) is 4.57 Å². The number of pyridine rings is 1. The minimum absolute atomic E-state index is 0.0312. The summed E-state index contributed by atoms with van der Waals surface area (Å²) in [6.45, 7) is 2.12. The number of carboxylic acids is 1. The summed E-state index contributed by atoms with van der Waals surface area (Å²) in [5.74, 6) is -1.40. The van der Waals surface area contributed by atoms with Gasteiger partial charge in [-0.1, -0.05) is 6.92 Å². The molecule has 1 aromatic heterocycles. The Kier molecular flexibility index (Phi) is 3.76. The zero-order chi connectivity index (χ0) is 15.8. The van der Waals surface area contributed by atoms with Crippen LogP contribution in [0.2, 0.25) is 0 Å². The van der Waals surface area contributed by atoms with Crippen LogP contribution in [-0.2, 0) is 12.7 Å². The number of aromatic carboxylic acids is 1. The lowest BCUT2D eigenvalue weighted by molar-refractivity contribution is -0.137. The van der Waals surface area contributed by atoms with Gasteiger partial charge in [0.05, 0.1) is 11.1 Å². The van der Waals surface area contributed by atoms with E-state index in [1.54, 1.807) is 6.92 Å². The molecule has 2 aromatic rings. The van der Waals surface area contributed by atoms with Gasteiger partial charge in [-0.3, -0.25) is 4.79 Å². The number of hydrogen-bond acceptors (Lipinski definition) is 2. The topological polar surface area (TPSA) is 59.3 Å². The fourth-order valence-corrected chi connectivity index (χ4v) is 2.14. The normalized spacial score (nSPS) is 11.8. The van der Waals surface area contributed by atoms with Crippen molar-refractivity contribution in [2.24, 2.45) is 0 Å². The zero-order valence-electron chi connectivity index (χ0n) is 11.1. The number of aryl methyl sites for hydroxylation is 1. The second-order valence-corrected chi connectivity index (χ2v) is 4.60. The van der Waals surface area contributed by atoms with Crippen molar-refractivity contribution in [2.75, 3.05) is 0 Å². The van der Waals surface area contributed by atoms with Gasteiger partial charge in [-0.15, -0.1) is 0 Å². The molecule has 0 aliphatic rings. The van der Waals surface area contributed by atoms with Crippen LogP contribution in [0.4, 0.5) is 13.2 Å². The third kappa shape index (κ3) is 2.76. The number of carboxylic acid groups (broad SMARTS) is 1. The van der Waals surface area contributed by atoms with Crippen LogP contribution in [0.1, 0.15) is 29.3 Å². The van der Waals surface area contributed by atoms with Crippen molar-refractivity contribution in [3.63, 3.8) is 0 Å². The van der Waals surface area contributed by atoms with E-state index >= 15 is 0 Å². The lowest BCUT2D eigenvalue weighted by Crippen LogP contribution is -2.19. The summed E-state index contributed by atoms with van der Waals surface area (Å²) in [5, 5.41) is 8.98. The minimum Gasteiger partial charge on any atom is -0.477 e. The molecule has 0 aliphatic carbocycles. The first-order valence-corrected chi connectivity index (χ1v) is 6.23. The maximum atomic E-state index is 12.8. The number of hydrogen-bond donors (Lipinski definition) is 1. The van der Waals surface area contributed by atoms with Gasteiger partial charge < -0.3 is 9.67 Å². The fourth-order valence-electron chi connectivity index (χ4n) is 2.14. The summed E-state index contributed by atoms with van der Waals surface area (Å²) in [4.78, 5) is 23.1. The molecule has 1 aromatic carbocycles. The highest BCUT2D eigenvalue weighted by Gasteiger charge is 2.31. The van der Waals surface area contributed by atoms with Crippen LogP contribution in [0.3, 0.4) is 0 Å². The number of carbonyl (C=O) groups is 1. The number of fused-ring (bicyclic) bond motifs is 1. The van der Waals surface area contributed by atoms with Crippen molar-refractivity contribution in [1.29, 1.82) is 0 Å². The molecule has 7 heteroatoms. The van der Waals surface area contributed by atoms with Gasteiger partial charge in [0.25, 0.3) is 0 Å². The molecule has 0 bridgehead atoms. The van der Waals surface area contributed by atoms with E-state index in [4.69, 9.17) is 5.11 Å². The molecular formula is C14H12F3NO3. The third-order valence-electron chi connectivity index (χ3n) is 3.10. The first-order valence-electron chi connectivity index (χ1n) is 6.23. The molecule has 0 amide bonds. The van der Waals surface area contributed by atoms with Crippen molar-refractivity contribution >= 4 is 16.9 Å². The van der Waals surface area contributed by atoms with E-state index in [0.29, 0.717) is 13.0 Å². The molecule has 0 fully saturated rings. The number of rotatable bonds is 3. The minimum atomic E-state index is -4.52. The van der Waals surface area contributed by atoms with Crippen LogP contribution in [0.25, 0.3) is 10.9 Å². The maximum absolute atomic E-state index is 12.8. The van der Waals surface area contributed by atoms with E-state index in [1.807, 2.05) is 0 Å². The summed E-state index contributed by atoms with van der Waals surface area (Å²) in [7, 11) is 0. The average molecular weight is 299 g/mol. The van der Waals surface area contributed by atoms with Crippen molar-refractivity contribution in [3.05, 3.63) is 45.7 Å². The molecule has 112 valence electrons. The predicted molar refractivity (Wildman–Crippen MR) is 70.5 cm³/mol. The Bertz CT molecular complexity index is 762. The largest absolute Gasteiger partial charge is 0.477 e. The quantitative estimate of drug-likeness (QED) is 0.947. The zero-order valence-corrected chi connectivity index (χ0v) is 11.1. The predicted octanol–water partition coefficient (Wildman–Crippen LogP) is 3.13. The summed E-state index contributed by atoms with van der Waals surface area (Å²) < 4.78 is 39.7. The average Bonchev–Trinajstić information content (AvgIpc) is 2.40. The Labute approximate surface area is 117 Å². The Morgan fingerprint density at radius 3 is 2.52 bits per heavy atom. The van der Waals surface area contributed by atoms with Gasteiger partial charge in [-0.2, -0.15) is 13.2 Å². The van der Waals surface area contributed by atoms with Gasteiger partial charge >= 0.3 is 12.1 Å². The molecule has 1 heterocycles. The Balaban J connectivity index is 2.84. The van der Waals surface area contributed by atoms with Gasteiger partial charge in [-0.25, -0.2) is 4.79 Å². The molecule has 0 radical (unpaired) electrons. The van der Waals surface area contributed by atoms with Crippen molar-refractivity contribution in [2.45, 2.75) is 26.1 Å². The molecule has 1 N–H and O–H groups in total. The Morgan fingerprint density at radius 1 is 1.33 bits per heavy atom.